The van der Waals surface area contributed by atoms with E-state index in [1.165, 1.54) is 7.11 Å². The highest BCUT2D eigenvalue weighted by atomic mass is 16.5. The number of nitrogens with one attached hydrogen (secondary N) is 1. The summed E-state index contributed by atoms with van der Waals surface area (Å²) in [6, 6.07) is 11.0. The highest BCUT2D eigenvalue weighted by Crippen LogP contribution is 2.28. The van der Waals surface area contributed by atoms with Crippen LogP contribution in [0.5, 0.6) is 0 Å². The van der Waals surface area contributed by atoms with E-state index in [1.54, 1.807) is 30.9 Å². The van der Waals surface area contributed by atoms with Crippen LogP contribution in [0.1, 0.15) is 10.4 Å². The normalized spacial score (nSPS) is 10.3. The molecule has 3 aromatic rings. The van der Waals surface area contributed by atoms with Crippen molar-refractivity contribution < 1.29 is 9.53 Å². The van der Waals surface area contributed by atoms with Crippen LogP contribution in [-0.2, 0) is 4.74 Å². The van der Waals surface area contributed by atoms with Crippen LogP contribution in [-0.4, -0.2) is 28.0 Å². The van der Waals surface area contributed by atoms with Crippen LogP contribution in [0.15, 0.2) is 55.1 Å². The molecule has 0 aliphatic carbocycles. The second-order valence-corrected chi connectivity index (χ2v) is 4.43. The van der Waals surface area contributed by atoms with E-state index in [0.29, 0.717) is 5.56 Å². The van der Waals surface area contributed by atoms with E-state index in [4.69, 9.17) is 4.74 Å². The van der Waals surface area contributed by atoms with E-state index in [0.717, 1.165) is 22.5 Å². The summed E-state index contributed by atoms with van der Waals surface area (Å²) in [6.07, 6.45) is 5.12. The first-order valence-corrected chi connectivity index (χ1v) is 6.42. The van der Waals surface area contributed by atoms with Gasteiger partial charge in [-0.2, -0.15) is 0 Å². The average molecular weight is 279 g/mol. The number of ether oxygens (including phenoxy) is 1. The predicted octanol–water partition coefficient (Wildman–Crippen LogP) is 2.93. The Morgan fingerprint density at radius 1 is 1.05 bits per heavy atom. The van der Waals surface area contributed by atoms with Gasteiger partial charge in [-0.05, 0) is 24.3 Å². The molecule has 2 aromatic heterocycles. The molecule has 5 nitrogen and oxygen atoms in total. The molecule has 0 saturated carbocycles. The summed E-state index contributed by atoms with van der Waals surface area (Å²) in [5.74, 6) is -0.349. The molecule has 0 aliphatic heterocycles. The van der Waals surface area contributed by atoms with E-state index in [-0.39, 0.29) is 5.97 Å². The Morgan fingerprint density at radius 2 is 1.76 bits per heavy atom. The van der Waals surface area contributed by atoms with Crippen molar-refractivity contribution in [3.8, 4) is 22.5 Å². The molecule has 104 valence electrons. The van der Waals surface area contributed by atoms with Crippen LogP contribution in [0.3, 0.4) is 0 Å². The number of rotatable bonds is 3. The minimum atomic E-state index is -0.349. The molecule has 0 unspecified atom stereocenters. The third kappa shape index (κ3) is 2.53. The van der Waals surface area contributed by atoms with Crippen molar-refractivity contribution in [1.82, 2.24) is 15.0 Å². The van der Waals surface area contributed by atoms with Crippen molar-refractivity contribution in [3.63, 3.8) is 0 Å². The number of pyridine rings is 1. The van der Waals surface area contributed by atoms with E-state index in [1.807, 2.05) is 24.3 Å². The van der Waals surface area contributed by atoms with Gasteiger partial charge in [0.15, 0.2) is 0 Å². The number of nitrogens with zero attached hydrogens (tertiary/aromatic N) is 2. The standard InChI is InChI=1S/C16H13N3O2/c1-21-16(20)13-4-2-11(3-5-13)14-15(19-10-18-14)12-6-8-17-9-7-12/h2-10H,1H3,(H,18,19). The summed E-state index contributed by atoms with van der Waals surface area (Å²) in [4.78, 5) is 23.0. The molecule has 0 atom stereocenters. The molecule has 0 fully saturated rings. The van der Waals surface area contributed by atoms with Crippen LogP contribution < -0.4 is 0 Å². The number of benzene rings is 1. The Hall–Kier alpha value is -2.95. The first-order chi connectivity index (χ1) is 10.3. The maximum atomic E-state index is 11.4. The maximum absolute atomic E-state index is 11.4. The quantitative estimate of drug-likeness (QED) is 0.748. The Morgan fingerprint density at radius 3 is 2.43 bits per heavy atom. The number of methoxy groups -OCH3 is 1. The van der Waals surface area contributed by atoms with Gasteiger partial charge in [0.2, 0.25) is 0 Å². The molecule has 21 heavy (non-hydrogen) atoms. The van der Waals surface area contributed by atoms with Crippen LogP contribution in [0, 0.1) is 0 Å². The lowest BCUT2D eigenvalue weighted by molar-refractivity contribution is 0.0601. The number of hydrogen-bond donors (Lipinski definition) is 1. The van der Waals surface area contributed by atoms with Gasteiger partial charge in [0.05, 0.1) is 30.4 Å². The average Bonchev–Trinajstić information content (AvgIpc) is 3.04. The molecule has 0 amide bonds. The van der Waals surface area contributed by atoms with Gasteiger partial charge >= 0.3 is 5.97 Å². The number of imidazole rings is 1. The fraction of sp³-hybridized carbons (Fsp3) is 0.0625. The second kappa shape index (κ2) is 5.58. The number of carbonyl (C=O) groups is 1. The van der Waals surface area contributed by atoms with Crippen LogP contribution in [0.25, 0.3) is 22.5 Å². The fourth-order valence-corrected chi connectivity index (χ4v) is 2.13. The largest absolute Gasteiger partial charge is 0.465 e. The summed E-state index contributed by atoms with van der Waals surface area (Å²) in [6.45, 7) is 0. The molecule has 1 aromatic carbocycles. The Labute approximate surface area is 121 Å². The summed E-state index contributed by atoms with van der Waals surface area (Å²) < 4.78 is 4.69. The Kier molecular flexibility index (Phi) is 3.47. The highest BCUT2D eigenvalue weighted by Gasteiger charge is 2.11. The zero-order valence-corrected chi connectivity index (χ0v) is 11.4. The van der Waals surface area contributed by atoms with E-state index >= 15 is 0 Å². The number of H-pyrrole nitrogens is 1. The van der Waals surface area contributed by atoms with Gasteiger partial charge in [-0.25, -0.2) is 9.78 Å². The summed E-state index contributed by atoms with van der Waals surface area (Å²) in [7, 11) is 1.37. The van der Waals surface area contributed by atoms with Gasteiger partial charge in [0, 0.05) is 23.5 Å². The van der Waals surface area contributed by atoms with E-state index in [9.17, 15) is 4.79 Å². The molecule has 0 bridgehead atoms. The second-order valence-electron chi connectivity index (χ2n) is 4.43. The molecule has 0 aliphatic rings. The third-order valence-corrected chi connectivity index (χ3v) is 3.19. The van der Waals surface area contributed by atoms with Gasteiger partial charge in [0.25, 0.3) is 0 Å². The molecular formula is C16H13N3O2. The minimum absolute atomic E-state index is 0.349. The lowest BCUT2D eigenvalue weighted by Gasteiger charge is -2.04. The molecule has 5 heteroatoms. The molecule has 0 spiro atoms. The lowest BCUT2D eigenvalue weighted by Crippen LogP contribution is -2.00. The summed E-state index contributed by atoms with van der Waals surface area (Å²) in [5.41, 5.74) is 4.20. The zero-order valence-electron chi connectivity index (χ0n) is 11.4. The van der Waals surface area contributed by atoms with Gasteiger partial charge in [0.1, 0.15) is 0 Å². The van der Waals surface area contributed by atoms with Crippen molar-refractivity contribution in [2.75, 3.05) is 7.11 Å². The molecule has 3 rings (SSSR count). The predicted molar refractivity (Wildman–Crippen MR) is 78.6 cm³/mol. The maximum Gasteiger partial charge on any atom is 0.337 e. The minimum Gasteiger partial charge on any atom is -0.465 e. The van der Waals surface area contributed by atoms with Gasteiger partial charge in [-0.1, -0.05) is 12.1 Å². The highest BCUT2D eigenvalue weighted by molar-refractivity contribution is 5.90. The topological polar surface area (TPSA) is 67.9 Å². The summed E-state index contributed by atoms with van der Waals surface area (Å²) >= 11 is 0. The van der Waals surface area contributed by atoms with E-state index in [2.05, 4.69) is 15.0 Å². The first-order valence-electron chi connectivity index (χ1n) is 6.42. The van der Waals surface area contributed by atoms with Crippen molar-refractivity contribution in [2.24, 2.45) is 0 Å². The van der Waals surface area contributed by atoms with Crippen molar-refractivity contribution in [3.05, 3.63) is 60.7 Å². The van der Waals surface area contributed by atoms with E-state index < -0.39 is 0 Å². The Bertz CT molecular complexity index is 749. The molecule has 2 heterocycles. The third-order valence-electron chi connectivity index (χ3n) is 3.19. The first kappa shape index (κ1) is 13.1. The van der Waals surface area contributed by atoms with Gasteiger partial charge in [-0.15, -0.1) is 0 Å². The zero-order chi connectivity index (χ0) is 14.7. The van der Waals surface area contributed by atoms with Crippen molar-refractivity contribution in [1.29, 1.82) is 0 Å². The SMILES string of the molecule is COC(=O)c1ccc(-c2nc[nH]c2-c2ccncc2)cc1. The van der Waals surface area contributed by atoms with Crippen LogP contribution in [0.4, 0.5) is 0 Å². The monoisotopic (exact) mass is 279 g/mol. The molecule has 1 N–H and O–H groups in total. The molecule has 0 radical (unpaired) electrons. The van der Waals surface area contributed by atoms with Crippen molar-refractivity contribution >= 4 is 5.97 Å². The molecule has 0 saturated heterocycles. The molecular weight excluding hydrogens is 266 g/mol. The lowest BCUT2D eigenvalue weighted by atomic mass is 10.0. The van der Waals surface area contributed by atoms with Crippen molar-refractivity contribution in [2.45, 2.75) is 0 Å². The number of carbonyl (C=O) groups excluding carboxylic acids is 1. The Balaban J connectivity index is 1.99. The smallest absolute Gasteiger partial charge is 0.337 e. The van der Waals surface area contributed by atoms with Crippen LogP contribution >= 0.6 is 0 Å². The number of esters is 1. The van der Waals surface area contributed by atoms with Gasteiger partial charge < -0.3 is 9.72 Å². The summed E-state index contributed by atoms with van der Waals surface area (Å²) in [5, 5.41) is 0. The van der Waals surface area contributed by atoms with Crippen LogP contribution in [0.2, 0.25) is 0 Å². The van der Waals surface area contributed by atoms with Gasteiger partial charge in [-0.3, -0.25) is 4.98 Å². The number of aromatic amines is 1. The number of hydrogen-bond acceptors (Lipinski definition) is 4. The fourth-order valence-electron chi connectivity index (χ4n) is 2.13. The number of aromatic nitrogens is 3.